The number of carbonyl (C=O) groups excluding carboxylic acids is 1. The molecule has 0 spiro atoms. The van der Waals surface area contributed by atoms with Gasteiger partial charge in [-0.1, -0.05) is 11.6 Å². The highest BCUT2D eigenvalue weighted by atomic mass is 35.5. The molecule has 0 unspecified atom stereocenters. The Morgan fingerprint density at radius 3 is 2.79 bits per heavy atom. The average molecular weight is 413 g/mol. The molecule has 0 saturated heterocycles. The SMILES string of the molecule is COc1ccc(NC(=O)/C(C#N)=C/c2cc(C)n(-c3nccs3)c2C)cc1Cl. The average Bonchev–Trinajstić information content (AvgIpc) is 3.27. The molecule has 8 heteroatoms. The van der Waals surface area contributed by atoms with E-state index in [0.29, 0.717) is 16.5 Å². The number of aromatic nitrogens is 2. The van der Waals surface area contributed by atoms with Gasteiger partial charge >= 0.3 is 0 Å². The Morgan fingerprint density at radius 2 is 2.18 bits per heavy atom. The zero-order valence-electron chi connectivity index (χ0n) is 15.5. The second-order valence-corrected chi connectivity index (χ2v) is 7.23. The molecule has 0 aliphatic heterocycles. The van der Waals surface area contributed by atoms with E-state index in [2.05, 4.69) is 10.3 Å². The maximum absolute atomic E-state index is 12.6. The van der Waals surface area contributed by atoms with Crippen molar-refractivity contribution >= 4 is 40.6 Å². The summed E-state index contributed by atoms with van der Waals surface area (Å²) in [5.74, 6) is -0.00636. The molecule has 0 saturated carbocycles. The second-order valence-electron chi connectivity index (χ2n) is 5.95. The molecule has 142 valence electrons. The molecule has 1 N–H and O–H groups in total. The summed E-state index contributed by atoms with van der Waals surface area (Å²) in [4.78, 5) is 16.9. The predicted molar refractivity (Wildman–Crippen MR) is 111 cm³/mol. The minimum absolute atomic E-state index is 0.00803. The van der Waals surface area contributed by atoms with Crippen LogP contribution in [0.3, 0.4) is 0 Å². The molecule has 1 amide bonds. The van der Waals surface area contributed by atoms with E-state index in [-0.39, 0.29) is 5.57 Å². The van der Waals surface area contributed by atoms with Crippen molar-refractivity contribution in [3.63, 3.8) is 0 Å². The van der Waals surface area contributed by atoms with E-state index in [1.165, 1.54) is 18.4 Å². The molecule has 3 aromatic rings. The lowest BCUT2D eigenvalue weighted by atomic mass is 10.1. The Kier molecular flexibility index (Phi) is 5.83. The number of ether oxygens (including phenoxy) is 1. The quantitative estimate of drug-likeness (QED) is 0.484. The van der Waals surface area contributed by atoms with Gasteiger partial charge in [0.1, 0.15) is 17.4 Å². The number of carbonyl (C=O) groups is 1. The van der Waals surface area contributed by atoms with Crippen molar-refractivity contribution in [3.8, 4) is 17.0 Å². The van der Waals surface area contributed by atoms with Crippen LogP contribution < -0.4 is 10.1 Å². The highest BCUT2D eigenvalue weighted by Gasteiger charge is 2.15. The largest absolute Gasteiger partial charge is 0.495 e. The van der Waals surface area contributed by atoms with E-state index < -0.39 is 5.91 Å². The van der Waals surface area contributed by atoms with Crippen LogP contribution in [0.2, 0.25) is 5.02 Å². The Morgan fingerprint density at radius 1 is 1.39 bits per heavy atom. The van der Waals surface area contributed by atoms with Crippen LogP contribution in [0.15, 0.2) is 41.4 Å². The van der Waals surface area contributed by atoms with Gasteiger partial charge in [0.15, 0.2) is 5.13 Å². The van der Waals surface area contributed by atoms with Gasteiger partial charge in [-0.3, -0.25) is 9.36 Å². The Bertz CT molecular complexity index is 1090. The number of halogens is 1. The zero-order chi connectivity index (χ0) is 20.3. The van der Waals surface area contributed by atoms with Crippen molar-refractivity contribution < 1.29 is 9.53 Å². The van der Waals surface area contributed by atoms with E-state index in [4.69, 9.17) is 16.3 Å². The first kappa shape index (κ1) is 19.7. The van der Waals surface area contributed by atoms with E-state index in [9.17, 15) is 10.1 Å². The normalized spacial score (nSPS) is 11.2. The number of amides is 1. The fraction of sp³-hybridized carbons (Fsp3) is 0.150. The van der Waals surface area contributed by atoms with Crippen LogP contribution in [0.4, 0.5) is 5.69 Å². The fourth-order valence-electron chi connectivity index (χ4n) is 2.80. The first-order valence-electron chi connectivity index (χ1n) is 8.30. The molecule has 28 heavy (non-hydrogen) atoms. The highest BCUT2D eigenvalue weighted by Crippen LogP contribution is 2.28. The number of aryl methyl sites for hydroxylation is 1. The molecule has 0 bridgehead atoms. The summed E-state index contributed by atoms with van der Waals surface area (Å²) >= 11 is 7.60. The molecule has 0 radical (unpaired) electrons. The number of nitrogens with zero attached hydrogens (tertiary/aromatic N) is 3. The minimum atomic E-state index is -0.511. The number of thiazole rings is 1. The molecule has 3 rings (SSSR count). The molecule has 6 nitrogen and oxygen atoms in total. The third-order valence-corrected chi connectivity index (χ3v) is 5.21. The third-order valence-electron chi connectivity index (χ3n) is 4.16. The van der Waals surface area contributed by atoms with Crippen LogP contribution in [-0.2, 0) is 4.79 Å². The molecular weight excluding hydrogens is 396 g/mol. The molecule has 0 fully saturated rings. The van der Waals surface area contributed by atoms with Crippen molar-refractivity contribution in [1.82, 2.24) is 9.55 Å². The first-order chi connectivity index (χ1) is 13.4. The van der Waals surface area contributed by atoms with Crippen LogP contribution in [0.5, 0.6) is 5.75 Å². The minimum Gasteiger partial charge on any atom is -0.495 e. The number of methoxy groups -OCH3 is 1. The highest BCUT2D eigenvalue weighted by molar-refractivity contribution is 7.12. The van der Waals surface area contributed by atoms with E-state index >= 15 is 0 Å². The first-order valence-corrected chi connectivity index (χ1v) is 9.56. The van der Waals surface area contributed by atoms with Crippen molar-refractivity contribution in [2.24, 2.45) is 0 Å². The summed E-state index contributed by atoms with van der Waals surface area (Å²) in [7, 11) is 1.51. The lowest BCUT2D eigenvalue weighted by Crippen LogP contribution is -2.13. The summed E-state index contributed by atoms with van der Waals surface area (Å²) < 4.78 is 7.09. The molecular formula is C20H17ClN4O2S. The summed E-state index contributed by atoms with van der Waals surface area (Å²) in [6.45, 7) is 3.88. The number of nitrogens with one attached hydrogen (secondary N) is 1. The number of benzene rings is 1. The summed E-state index contributed by atoms with van der Waals surface area (Å²) in [6.07, 6.45) is 3.31. The van der Waals surface area contributed by atoms with Gasteiger partial charge in [0.05, 0.1) is 12.1 Å². The van der Waals surface area contributed by atoms with Crippen LogP contribution in [0.25, 0.3) is 11.2 Å². The number of hydrogen-bond acceptors (Lipinski definition) is 5. The van der Waals surface area contributed by atoms with Gasteiger partial charge in [-0.2, -0.15) is 5.26 Å². The summed E-state index contributed by atoms with van der Waals surface area (Å²) in [5.41, 5.74) is 3.13. The number of nitriles is 1. The van der Waals surface area contributed by atoms with Gasteiger partial charge in [0, 0.05) is 28.7 Å². The summed E-state index contributed by atoms with van der Waals surface area (Å²) in [5, 5.41) is 15.3. The molecule has 0 atom stereocenters. The number of hydrogen-bond donors (Lipinski definition) is 1. The van der Waals surface area contributed by atoms with Crippen LogP contribution in [0, 0.1) is 25.2 Å². The van der Waals surface area contributed by atoms with Gasteiger partial charge in [-0.05, 0) is 49.8 Å². The van der Waals surface area contributed by atoms with Gasteiger partial charge < -0.3 is 10.1 Å². The third kappa shape index (κ3) is 3.93. The lowest BCUT2D eigenvalue weighted by molar-refractivity contribution is -0.112. The van der Waals surface area contributed by atoms with E-state index in [0.717, 1.165) is 22.1 Å². The Labute approximate surface area is 171 Å². The zero-order valence-corrected chi connectivity index (χ0v) is 17.1. The van der Waals surface area contributed by atoms with Gasteiger partial charge in [-0.25, -0.2) is 4.98 Å². The molecule has 1 aromatic carbocycles. The van der Waals surface area contributed by atoms with E-state index in [1.807, 2.05) is 35.9 Å². The predicted octanol–water partition coefficient (Wildman–Crippen LogP) is 4.76. The van der Waals surface area contributed by atoms with E-state index in [1.54, 1.807) is 30.5 Å². The standard InChI is InChI=1S/C20H17ClN4O2S/c1-12-8-14(13(2)25(12)20-23-6-7-28-20)9-15(11-22)19(26)24-16-4-5-18(27-3)17(21)10-16/h4-10H,1-3H3,(H,24,26)/b15-9+. The Hall–Kier alpha value is -3.08. The van der Waals surface area contributed by atoms with Crippen molar-refractivity contribution in [1.29, 1.82) is 5.26 Å². The monoisotopic (exact) mass is 412 g/mol. The number of anilines is 1. The lowest BCUT2D eigenvalue weighted by Gasteiger charge is -2.08. The van der Waals surface area contributed by atoms with Crippen molar-refractivity contribution in [2.75, 3.05) is 12.4 Å². The fourth-order valence-corrected chi connectivity index (χ4v) is 3.81. The van der Waals surface area contributed by atoms with Crippen LogP contribution >= 0.6 is 22.9 Å². The molecule has 2 aromatic heterocycles. The second kappa shape index (κ2) is 8.30. The maximum atomic E-state index is 12.6. The van der Waals surface area contributed by atoms with Crippen LogP contribution in [-0.4, -0.2) is 22.6 Å². The van der Waals surface area contributed by atoms with Crippen molar-refractivity contribution in [3.05, 3.63) is 63.4 Å². The Balaban J connectivity index is 1.88. The molecule has 0 aliphatic carbocycles. The van der Waals surface area contributed by atoms with Gasteiger partial charge in [0.2, 0.25) is 0 Å². The summed E-state index contributed by atoms with van der Waals surface area (Å²) in [6, 6.07) is 8.77. The smallest absolute Gasteiger partial charge is 0.266 e. The van der Waals surface area contributed by atoms with Gasteiger partial charge in [-0.15, -0.1) is 11.3 Å². The number of rotatable bonds is 5. The molecule has 2 heterocycles. The maximum Gasteiger partial charge on any atom is 0.266 e. The van der Waals surface area contributed by atoms with Gasteiger partial charge in [0.25, 0.3) is 5.91 Å². The van der Waals surface area contributed by atoms with Crippen molar-refractivity contribution in [2.45, 2.75) is 13.8 Å². The topological polar surface area (TPSA) is 79.9 Å². The van der Waals surface area contributed by atoms with Crippen LogP contribution in [0.1, 0.15) is 17.0 Å². The molecule has 0 aliphatic rings.